The number of sulfonamides is 1. The molecule has 2 N–H and O–H groups in total. The highest BCUT2D eigenvalue weighted by molar-refractivity contribution is 7.89. The van der Waals surface area contributed by atoms with Crippen molar-refractivity contribution in [2.24, 2.45) is 0 Å². The van der Waals surface area contributed by atoms with Crippen molar-refractivity contribution in [1.82, 2.24) is 9.21 Å². The molecular weight excluding hydrogens is 296 g/mol. The molecule has 116 valence electrons. The number of hydrogen-bond acceptors (Lipinski definition) is 6. The van der Waals surface area contributed by atoms with E-state index < -0.39 is 14.9 Å². The second-order valence-electron chi connectivity index (χ2n) is 5.25. The molecule has 1 aliphatic rings. The summed E-state index contributed by atoms with van der Waals surface area (Å²) in [7, 11) is 0.0641. The Kier molecular flexibility index (Phi) is 4.17. The molecule has 2 rings (SSSR count). The van der Waals surface area contributed by atoms with Gasteiger partial charge in [-0.25, -0.2) is 8.42 Å². The first-order valence-electron chi connectivity index (χ1n) is 6.44. The monoisotopic (exact) mass is 314 g/mol. The molecule has 1 saturated heterocycles. The molecule has 1 aromatic carbocycles. The van der Waals surface area contributed by atoms with Crippen molar-refractivity contribution >= 4 is 21.4 Å². The highest BCUT2D eigenvalue weighted by Crippen LogP contribution is 2.28. The first kappa shape index (κ1) is 15.7. The molecule has 1 aromatic rings. The lowest BCUT2D eigenvalue weighted by Gasteiger charge is -2.20. The molecular formula is C12H18N4O4S. The van der Waals surface area contributed by atoms with Gasteiger partial charge in [-0.2, -0.15) is 4.31 Å². The van der Waals surface area contributed by atoms with Crippen molar-refractivity contribution in [3.63, 3.8) is 0 Å². The van der Waals surface area contributed by atoms with Gasteiger partial charge in [-0.05, 0) is 32.6 Å². The first-order chi connectivity index (χ1) is 9.73. The van der Waals surface area contributed by atoms with Gasteiger partial charge in [0.2, 0.25) is 10.0 Å². The zero-order valence-electron chi connectivity index (χ0n) is 11.9. The van der Waals surface area contributed by atoms with E-state index in [4.69, 9.17) is 5.73 Å². The molecule has 1 unspecified atom stereocenters. The second-order valence-corrected chi connectivity index (χ2v) is 7.18. The lowest BCUT2D eigenvalue weighted by Crippen LogP contribution is -2.34. The molecule has 0 radical (unpaired) electrons. The van der Waals surface area contributed by atoms with Crippen LogP contribution in [0.25, 0.3) is 0 Å². The molecule has 0 saturated carbocycles. The van der Waals surface area contributed by atoms with Gasteiger partial charge in [-0.1, -0.05) is 0 Å². The highest BCUT2D eigenvalue weighted by Gasteiger charge is 2.34. The Balaban J connectivity index is 2.33. The fourth-order valence-corrected chi connectivity index (χ4v) is 3.85. The molecule has 1 fully saturated rings. The number of benzene rings is 1. The van der Waals surface area contributed by atoms with Crippen LogP contribution < -0.4 is 5.73 Å². The van der Waals surface area contributed by atoms with E-state index in [1.165, 1.54) is 16.4 Å². The van der Waals surface area contributed by atoms with E-state index in [9.17, 15) is 18.5 Å². The van der Waals surface area contributed by atoms with Crippen LogP contribution >= 0.6 is 0 Å². The van der Waals surface area contributed by atoms with E-state index in [0.29, 0.717) is 13.1 Å². The van der Waals surface area contributed by atoms with E-state index >= 15 is 0 Å². The summed E-state index contributed by atoms with van der Waals surface area (Å²) in [5.74, 6) is 0. The van der Waals surface area contributed by atoms with Crippen molar-refractivity contribution in [2.45, 2.75) is 17.4 Å². The van der Waals surface area contributed by atoms with Gasteiger partial charge >= 0.3 is 0 Å². The third kappa shape index (κ3) is 2.99. The van der Waals surface area contributed by atoms with E-state index in [0.717, 1.165) is 12.5 Å². The maximum atomic E-state index is 12.5. The molecule has 0 aliphatic carbocycles. The number of nitrogen functional groups attached to an aromatic ring is 1. The normalized spacial score (nSPS) is 20.0. The van der Waals surface area contributed by atoms with Crippen LogP contribution in [0, 0.1) is 10.1 Å². The molecule has 1 heterocycles. The minimum absolute atomic E-state index is 0.0495. The van der Waals surface area contributed by atoms with Crippen molar-refractivity contribution in [1.29, 1.82) is 0 Å². The lowest BCUT2D eigenvalue weighted by atomic mass is 10.2. The van der Waals surface area contributed by atoms with E-state index in [1.54, 1.807) is 0 Å². The van der Waals surface area contributed by atoms with E-state index in [1.807, 2.05) is 19.0 Å². The largest absolute Gasteiger partial charge is 0.393 e. The third-order valence-electron chi connectivity index (χ3n) is 3.69. The van der Waals surface area contributed by atoms with Gasteiger partial charge in [0.05, 0.1) is 9.82 Å². The number of nitro benzene ring substituents is 1. The van der Waals surface area contributed by atoms with Crippen molar-refractivity contribution < 1.29 is 13.3 Å². The summed E-state index contributed by atoms with van der Waals surface area (Å²) < 4.78 is 26.4. The number of nitro groups is 1. The summed E-state index contributed by atoms with van der Waals surface area (Å²) in [6, 6.07) is 3.74. The molecule has 0 bridgehead atoms. The number of anilines is 1. The quantitative estimate of drug-likeness (QED) is 0.492. The maximum absolute atomic E-state index is 12.5. The van der Waals surface area contributed by atoms with Crippen LogP contribution in [0.2, 0.25) is 0 Å². The summed E-state index contributed by atoms with van der Waals surface area (Å²) in [5, 5.41) is 10.9. The smallest absolute Gasteiger partial charge is 0.293 e. The van der Waals surface area contributed by atoms with Crippen LogP contribution in [0.3, 0.4) is 0 Å². The predicted molar refractivity (Wildman–Crippen MR) is 78.4 cm³/mol. The number of nitrogens with zero attached hydrogens (tertiary/aromatic N) is 3. The predicted octanol–water partition coefficient (Wildman–Crippen LogP) is 0.502. The van der Waals surface area contributed by atoms with E-state index in [-0.39, 0.29) is 22.3 Å². The standard InChI is InChI=1S/C12H18N4O4S/c1-14(2)9-5-6-15(8-9)21(19,20)10-3-4-11(13)12(7-10)16(17)18/h3-4,7,9H,5-6,8,13H2,1-2H3. The molecule has 1 aliphatic heterocycles. The third-order valence-corrected chi connectivity index (χ3v) is 5.55. The van der Waals surface area contributed by atoms with Crippen molar-refractivity contribution in [3.8, 4) is 0 Å². The van der Waals surface area contributed by atoms with Crippen molar-refractivity contribution in [2.75, 3.05) is 32.9 Å². The lowest BCUT2D eigenvalue weighted by molar-refractivity contribution is -0.384. The first-order valence-corrected chi connectivity index (χ1v) is 7.88. The second kappa shape index (κ2) is 5.58. The minimum Gasteiger partial charge on any atom is -0.393 e. The Hall–Kier alpha value is -1.71. The van der Waals surface area contributed by atoms with Crippen LogP contribution in [-0.2, 0) is 10.0 Å². The zero-order valence-corrected chi connectivity index (χ0v) is 12.7. The van der Waals surface area contributed by atoms with Crippen LogP contribution in [-0.4, -0.2) is 55.8 Å². The van der Waals surface area contributed by atoms with Crippen LogP contribution in [0.5, 0.6) is 0 Å². The van der Waals surface area contributed by atoms with E-state index in [2.05, 4.69) is 0 Å². The molecule has 8 nitrogen and oxygen atoms in total. The molecule has 0 spiro atoms. The Labute approximate surface area is 123 Å². The average molecular weight is 314 g/mol. The Morgan fingerprint density at radius 1 is 1.43 bits per heavy atom. The summed E-state index contributed by atoms with van der Waals surface area (Å²) >= 11 is 0. The van der Waals surface area contributed by atoms with Gasteiger partial charge < -0.3 is 10.6 Å². The Bertz CT molecular complexity index is 659. The topological polar surface area (TPSA) is 110 Å². The molecule has 0 aromatic heterocycles. The summed E-state index contributed by atoms with van der Waals surface area (Å²) in [6.07, 6.45) is 0.739. The fraction of sp³-hybridized carbons (Fsp3) is 0.500. The SMILES string of the molecule is CN(C)C1CCN(S(=O)(=O)c2ccc(N)c([N+](=O)[O-])c2)C1. The Morgan fingerprint density at radius 3 is 2.62 bits per heavy atom. The average Bonchev–Trinajstić information content (AvgIpc) is 2.89. The fourth-order valence-electron chi connectivity index (χ4n) is 2.34. The van der Waals surface area contributed by atoms with Gasteiger partial charge in [0.1, 0.15) is 5.69 Å². The van der Waals surface area contributed by atoms with Gasteiger partial charge in [0.25, 0.3) is 5.69 Å². The molecule has 21 heavy (non-hydrogen) atoms. The zero-order chi connectivity index (χ0) is 15.8. The summed E-state index contributed by atoms with van der Waals surface area (Å²) in [4.78, 5) is 12.1. The minimum atomic E-state index is -3.73. The van der Waals surface area contributed by atoms with Gasteiger partial charge in [0.15, 0.2) is 0 Å². The van der Waals surface area contributed by atoms with Crippen molar-refractivity contribution in [3.05, 3.63) is 28.3 Å². The van der Waals surface area contributed by atoms with Crippen LogP contribution in [0.1, 0.15) is 6.42 Å². The van der Waals surface area contributed by atoms with Crippen LogP contribution in [0.15, 0.2) is 23.1 Å². The Morgan fingerprint density at radius 2 is 2.10 bits per heavy atom. The number of nitrogens with two attached hydrogens (primary N) is 1. The van der Waals surface area contributed by atoms with Gasteiger partial charge in [-0.15, -0.1) is 0 Å². The highest BCUT2D eigenvalue weighted by atomic mass is 32.2. The summed E-state index contributed by atoms with van der Waals surface area (Å²) in [5.41, 5.74) is 5.05. The van der Waals surface area contributed by atoms with Crippen LogP contribution in [0.4, 0.5) is 11.4 Å². The molecule has 1 atom stereocenters. The number of likely N-dealkylation sites (N-methyl/N-ethyl adjacent to an activating group) is 1. The number of rotatable bonds is 4. The van der Waals surface area contributed by atoms with Gasteiger partial charge in [0, 0.05) is 25.2 Å². The number of hydrogen-bond donors (Lipinski definition) is 1. The molecule has 9 heteroatoms. The summed E-state index contributed by atoms with van der Waals surface area (Å²) in [6.45, 7) is 0.789. The van der Waals surface area contributed by atoms with Gasteiger partial charge in [-0.3, -0.25) is 10.1 Å². The maximum Gasteiger partial charge on any atom is 0.293 e. The molecule has 0 amide bonds.